The molecular weight excluding hydrogens is 380 g/mol. The standard InChI is InChI=1S/C22H17F2NO4/c1-11-16(21(27)28-2)17(14-9-5-6-10-15(14)29-22(23)24)18-19(25-11)12-7-3-4-8-13(12)20(18)26/h3-10,17,22,25H,1-2H3. The summed E-state index contributed by atoms with van der Waals surface area (Å²) in [6.45, 7) is -1.36. The second-order valence-electron chi connectivity index (χ2n) is 6.67. The van der Waals surface area contributed by atoms with Gasteiger partial charge in [-0.1, -0.05) is 42.5 Å². The third-order valence-corrected chi connectivity index (χ3v) is 5.10. The molecule has 1 N–H and O–H groups in total. The highest BCUT2D eigenvalue weighted by atomic mass is 19.3. The van der Waals surface area contributed by atoms with Crippen LogP contribution in [-0.4, -0.2) is 25.5 Å². The van der Waals surface area contributed by atoms with Gasteiger partial charge in [-0.2, -0.15) is 8.78 Å². The van der Waals surface area contributed by atoms with E-state index in [1.807, 2.05) is 6.07 Å². The lowest BCUT2D eigenvalue weighted by atomic mass is 9.79. The minimum absolute atomic E-state index is 0.0980. The second-order valence-corrected chi connectivity index (χ2v) is 6.67. The van der Waals surface area contributed by atoms with Crippen LogP contribution in [0, 0.1) is 0 Å². The van der Waals surface area contributed by atoms with Crippen LogP contribution in [0.25, 0.3) is 5.70 Å². The van der Waals surface area contributed by atoms with Crippen LogP contribution in [0.3, 0.4) is 0 Å². The van der Waals surface area contributed by atoms with Crippen molar-refractivity contribution >= 4 is 17.4 Å². The van der Waals surface area contributed by atoms with Crippen LogP contribution in [0.1, 0.15) is 34.3 Å². The largest absolute Gasteiger partial charge is 0.466 e. The molecule has 0 saturated heterocycles. The molecule has 0 bridgehead atoms. The Labute approximate surface area is 165 Å². The maximum Gasteiger partial charge on any atom is 0.387 e. The third kappa shape index (κ3) is 2.99. The topological polar surface area (TPSA) is 64.6 Å². The lowest BCUT2D eigenvalue weighted by molar-refractivity contribution is -0.136. The predicted molar refractivity (Wildman–Crippen MR) is 101 cm³/mol. The summed E-state index contributed by atoms with van der Waals surface area (Å²) in [7, 11) is 1.23. The highest BCUT2D eigenvalue weighted by Crippen LogP contribution is 2.48. The van der Waals surface area contributed by atoms with Gasteiger partial charge in [-0.05, 0) is 13.0 Å². The first-order chi connectivity index (χ1) is 13.9. The number of esters is 1. The van der Waals surface area contributed by atoms with Crippen molar-refractivity contribution in [2.75, 3.05) is 7.11 Å². The molecule has 1 unspecified atom stereocenters. The summed E-state index contributed by atoms with van der Waals surface area (Å²) in [5, 5.41) is 3.14. The number of hydrogen-bond acceptors (Lipinski definition) is 5. The van der Waals surface area contributed by atoms with Crippen molar-refractivity contribution in [2.24, 2.45) is 0 Å². The fourth-order valence-electron chi connectivity index (χ4n) is 3.94. The summed E-state index contributed by atoms with van der Waals surface area (Å²) in [4.78, 5) is 25.9. The molecule has 29 heavy (non-hydrogen) atoms. The fraction of sp³-hybridized carbons (Fsp3) is 0.182. The van der Waals surface area contributed by atoms with E-state index >= 15 is 0 Å². The third-order valence-electron chi connectivity index (χ3n) is 5.10. The average Bonchev–Trinajstić information content (AvgIpc) is 2.99. The molecule has 0 spiro atoms. The normalized spacial score (nSPS) is 17.8. The Bertz CT molecular complexity index is 1090. The van der Waals surface area contributed by atoms with Crippen LogP contribution in [0.15, 0.2) is 65.4 Å². The zero-order valence-electron chi connectivity index (χ0n) is 15.7. The van der Waals surface area contributed by atoms with Gasteiger partial charge in [0.05, 0.1) is 24.3 Å². The summed E-state index contributed by atoms with van der Waals surface area (Å²) in [5.74, 6) is -1.93. The first-order valence-electron chi connectivity index (χ1n) is 8.92. The van der Waals surface area contributed by atoms with Crippen LogP contribution < -0.4 is 10.1 Å². The van der Waals surface area contributed by atoms with Crippen molar-refractivity contribution in [3.63, 3.8) is 0 Å². The van der Waals surface area contributed by atoms with Gasteiger partial charge in [0.2, 0.25) is 0 Å². The van der Waals surface area contributed by atoms with Crippen LogP contribution in [0.5, 0.6) is 5.75 Å². The number of nitrogens with one attached hydrogen (secondary N) is 1. The second kappa shape index (κ2) is 7.16. The Balaban J connectivity index is 1.96. The van der Waals surface area contributed by atoms with Gasteiger partial charge in [0.15, 0.2) is 5.78 Å². The molecule has 5 nitrogen and oxygen atoms in total. The number of para-hydroxylation sites is 1. The number of ketones is 1. The summed E-state index contributed by atoms with van der Waals surface area (Å²) in [6, 6.07) is 13.2. The van der Waals surface area contributed by atoms with Gasteiger partial charge in [-0.3, -0.25) is 4.79 Å². The highest BCUT2D eigenvalue weighted by Gasteiger charge is 2.43. The van der Waals surface area contributed by atoms with E-state index in [0.29, 0.717) is 33.7 Å². The average molecular weight is 397 g/mol. The first kappa shape index (κ1) is 18.9. The first-order valence-corrected chi connectivity index (χ1v) is 8.92. The molecule has 0 saturated carbocycles. The van der Waals surface area contributed by atoms with Crippen molar-refractivity contribution in [3.8, 4) is 5.75 Å². The number of Topliss-reactive ketones (excluding diaryl/α,β-unsaturated/α-hetero) is 1. The SMILES string of the molecule is COC(=O)C1=C(C)NC2=C(C(=O)c3ccccc32)C1c1ccccc1OC(F)F. The van der Waals surface area contributed by atoms with Gasteiger partial charge in [0, 0.05) is 28.0 Å². The van der Waals surface area contributed by atoms with E-state index in [0.717, 1.165) is 0 Å². The smallest absolute Gasteiger partial charge is 0.387 e. The van der Waals surface area contributed by atoms with Crippen LogP contribution in [0.4, 0.5) is 8.78 Å². The van der Waals surface area contributed by atoms with Crippen LogP contribution in [-0.2, 0) is 9.53 Å². The Morgan fingerprint density at radius 1 is 1.07 bits per heavy atom. The molecule has 4 rings (SSSR count). The Hall–Kier alpha value is -3.48. The zero-order valence-corrected chi connectivity index (χ0v) is 15.7. The Kier molecular flexibility index (Phi) is 4.66. The molecule has 0 aromatic heterocycles. The van der Waals surface area contributed by atoms with Crippen LogP contribution >= 0.6 is 0 Å². The van der Waals surface area contributed by atoms with E-state index in [2.05, 4.69) is 5.32 Å². The molecule has 2 aromatic carbocycles. The van der Waals surface area contributed by atoms with Gasteiger partial charge >= 0.3 is 12.6 Å². The minimum Gasteiger partial charge on any atom is -0.466 e. The Morgan fingerprint density at radius 2 is 1.72 bits per heavy atom. The maximum atomic E-state index is 13.2. The number of carbonyl (C=O) groups excluding carboxylic acids is 2. The van der Waals surface area contributed by atoms with Gasteiger partial charge in [0.25, 0.3) is 0 Å². The zero-order chi connectivity index (χ0) is 20.7. The molecular formula is C22H17F2NO4. The Morgan fingerprint density at radius 3 is 2.41 bits per heavy atom. The molecule has 1 heterocycles. The lowest BCUT2D eigenvalue weighted by Crippen LogP contribution is -2.29. The monoisotopic (exact) mass is 397 g/mol. The molecule has 2 aromatic rings. The molecule has 7 heteroatoms. The molecule has 148 valence electrons. The van der Waals surface area contributed by atoms with Crippen molar-refractivity contribution in [1.82, 2.24) is 5.32 Å². The summed E-state index contributed by atoms with van der Waals surface area (Å²) in [5.41, 5.74) is 3.02. The predicted octanol–water partition coefficient (Wildman–Crippen LogP) is 4.03. The number of rotatable bonds is 4. The number of carbonyl (C=O) groups is 2. The highest BCUT2D eigenvalue weighted by molar-refractivity contribution is 6.23. The number of ether oxygens (including phenoxy) is 2. The van der Waals surface area contributed by atoms with Crippen molar-refractivity contribution in [1.29, 1.82) is 0 Å². The van der Waals surface area contributed by atoms with Crippen molar-refractivity contribution in [2.45, 2.75) is 19.5 Å². The minimum atomic E-state index is -3.05. The van der Waals surface area contributed by atoms with E-state index in [-0.39, 0.29) is 17.1 Å². The summed E-state index contributed by atoms with van der Waals surface area (Å²) >= 11 is 0. The number of fused-ring (bicyclic) bond motifs is 2. The number of benzene rings is 2. The number of hydrogen-bond donors (Lipinski definition) is 1. The summed E-state index contributed by atoms with van der Waals surface area (Å²) < 4.78 is 35.6. The van der Waals surface area contributed by atoms with E-state index in [1.54, 1.807) is 43.3 Å². The lowest BCUT2D eigenvalue weighted by Gasteiger charge is -2.29. The number of halogens is 2. The molecule has 0 fully saturated rings. The maximum absolute atomic E-state index is 13.2. The molecule has 0 amide bonds. The van der Waals surface area contributed by atoms with Crippen molar-refractivity contribution < 1.29 is 27.8 Å². The van der Waals surface area contributed by atoms with Gasteiger partial charge in [-0.15, -0.1) is 0 Å². The molecule has 1 aliphatic carbocycles. The molecule has 1 atom stereocenters. The van der Waals surface area contributed by atoms with Crippen LogP contribution in [0.2, 0.25) is 0 Å². The quantitative estimate of drug-likeness (QED) is 0.790. The number of methoxy groups -OCH3 is 1. The molecule has 2 aliphatic rings. The molecule has 0 radical (unpaired) electrons. The van der Waals surface area contributed by atoms with Crippen molar-refractivity contribution in [3.05, 3.63) is 82.1 Å². The van der Waals surface area contributed by atoms with Gasteiger partial charge in [-0.25, -0.2) is 4.79 Å². The van der Waals surface area contributed by atoms with E-state index in [4.69, 9.17) is 9.47 Å². The van der Waals surface area contributed by atoms with Gasteiger partial charge in [0.1, 0.15) is 5.75 Å². The number of allylic oxidation sites excluding steroid dienone is 2. The molecule has 1 aliphatic heterocycles. The number of dihydropyridines is 1. The fourth-order valence-corrected chi connectivity index (χ4v) is 3.94. The van der Waals surface area contributed by atoms with E-state index in [9.17, 15) is 18.4 Å². The van der Waals surface area contributed by atoms with E-state index in [1.165, 1.54) is 13.2 Å². The van der Waals surface area contributed by atoms with Gasteiger partial charge < -0.3 is 14.8 Å². The summed E-state index contributed by atoms with van der Waals surface area (Å²) in [6.07, 6.45) is 0. The number of alkyl halides is 2. The van der Waals surface area contributed by atoms with E-state index < -0.39 is 18.5 Å².